The zero-order chi connectivity index (χ0) is 16.5. The third-order valence-electron chi connectivity index (χ3n) is 4.35. The molecule has 0 aliphatic carbocycles. The number of aryl methyl sites for hydroxylation is 1. The largest absolute Gasteiger partial charge is 0.454 e. The Morgan fingerprint density at radius 2 is 2.29 bits per heavy atom. The second-order valence-corrected chi connectivity index (χ2v) is 6.95. The van der Waals surface area contributed by atoms with Gasteiger partial charge in [-0.1, -0.05) is 6.07 Å². The molecule has 1 N–H and O–H groups in total. The fourth-order valence-electron chi connectivity index (χ4n) is 3.21. The van der Waals surface area contributed by atoms with Gasteiger partial charge in [0.1, 0.15) is 5.01 Å². The molecule has 0 bridgehead atoms. The summed E-state index contributed by atoms with van der Waals surface area (Å²) in [7, 11) is 0. The molecule has 126 valence electrons. The lowest BCUT2D eigenvalue weighted by Gasteiger charge is -2.25. The number of nitrogens with one attached hydrogen (secondary N) is 1. The first-order chi connectivity index (χ1) is 11.7. The number of ether oxygens (including phenoxy) is 2. The van der Waals surface area contributed by atoms with Crippen LogP contribution in [-0.4, -0.2) is 29.3 Å². The van der Waals surface area contributed by atoms with Crippen molar-refractivity contribution in [3.8, 4) is 11.5 Å². The highest BCUT2D eigenvalue weighted by Gasteiger charge is 2.31. The van der Waals surface area contributed by atoms with E-state index >= 15 is 0 Å². The smallest absolute Gasteiger partial charge is 0.318 e. The molecule has 1 saturated heterocycles. The number of carbonyl (C=O) groups excluding carboxylic acids is 1. The topological polar surface area (TPSA) is 63.7 Å². The van der Waals surface area contributed by atoms with Crippen LogP contribution in [-0.2, 0) is 6.54 Å². The molecule has 1 aromatic carbocycles. The van der Waals surface area contributed by atoms with Gasteiger partial charge < -0.3 is 19.7 Å². The Kier molecular flexibility index (Phi) is 4.02. The molecule has 24 heavy (non-hydrogen) atoms. The van der Waals surface area contributed by atoms with Crippen molar-refractivity contribution in [2.24, 2.45) is 0 Å². The fourth-order valence-corrected chi connectivity index (χ4v) is 3.92. The summed E-state index contributed by atoms with van der Waals surface area (Å²) in [5.74, 6) is 1.53. The molecule has 1 atom stereocenters. The predicted octanol–water partition coefficient (Wildman–Crippen LogP) is 3.23. The standard InChI is InChI=1S/C17H19N3O3S/c1-11-9-24-16(19-11)8-18-17(21)20-6-2-3-13(20)12-4-5-14-15(7-12)23-10-22-14/h4-5,7,9,13H,2-3,6,8,10H2,1H3,(H,18,21)/t13-/m0/s1. The van der Waals surface area contributed by atoms with Crippen LogP contribution in [0.3, 0.4) is 0 Å². The Labute approximate surface area is 144 Å². The molecular weight excluding hydrogens is 326 g/mol. The maximum Gasteiger partial charge on any atom is 0.318 e. The SMILES string of the molecule is Cc1csc(CNC(=O)N2CCC[C@H]2c2ccc3c(c2)OCO3)n1. The Morgan fingerprint density at radius 3 is 3.12 bits per heavy atom. The molecule has 0 saturated carbocycles. The number of thiazole rings is 1. The van der Waals surface area contributed by atoms with Gasteiger partial charge in [-0.25, -0.2) is 9.78 Å². The second-order valence-electron chi connectivity index (χ2n) is 6.01. The summed E-state index contributed by atoms with van der Waals surface area (Å²) in [6, 6.07) is 5.97. The van der Waals surface area contributed by atoms with Crippen molar-refractivity contribution in [2.75, 3.05) is 13.3 Å². The zero-order valence-electron chi connectivity index (χ0n) is 13.4. The first-order valence-electron chi connectivity index (χ1n) is 8.06. The van der Waals surface area contributed by atoms with E-state index in [0.29, 0.717) is 6.54 Å². The molecule has 2 aliphatic heterocycles. The van der Waals surface area contributed by atoms with Gasteiger partial charge in [0.15, 0.2) is 11.5 Å². The van der Waals surface area contributed by atoms with E-state index in [4.69, 9.17) is 9.47 Å². The Balaban J connectivity index is 1.45. The lowest BCUT2D eigenvalue weighted by atomic mass is 10.0. The first-order valence-corrected chi connectivity index (χ1v) is 8.94. The number of benzene rings is 1. The van der Waals surface area contributed by atoms with Gasteiger partial charge in [-0.2, -0.15) is 0 Å². The molecule has 6 nitrogen and oxygen atoms in total. The highest BCUT2D eigenvalue weighted by molar-refractivity contribution is 7.09. The first kappa shape index (κ1) is 15.3. The van der Waals surface area contributed by atoms with Crippen molar-refractivity contribution in [2.45, 2.75) is 32.4 Å². The maximum atomic E-state index is 12.6. The Hall–Kier alpha value is -2.28. The van der Waals surface area contributed by atoms with E-state index in [-0.39, 0.29) is 18.9 Å². The number of amides is 2. The molecule has 2 aliphatic rings. The van der Waals surface area contributed by atoms with Gasteiger partial charge >= 0.3 is 6.03 Å². The Morgan fingerprint density at radius 1 is 1.42 bits per heavy atom. The maximum absolute atomic E-state index is 12.6. The molecule has 0 spiro atoms. The number of aromatic nitrogens is 1. The Bertz CT molecular complexity index is 761. The summed E-state index contributed by atoms with van der Waals surface area (Å²) < 4.78 is 10.8. The van der Waals surface area contributed by atoms with E-state index < -0.39 is 0 Å². The van der Waals surface area contributed by atoms with Crippen LogP contribution in [0.2, 0.25) is 0 Å². The van der Waals surface area contributed by atoms with Gasteiger partial charge in [-0.15, -0.1) is 11.3 Å². The number of carbonyl (C=O) groups is 1. The van der Waals surface area contributed by atoms with Crippen molar-refractivity contribution in [3.63, 3.8) is 0 Å². The van der Waals surface area contributed by atoms with Gasteiger partial charge in [-0.3, -0.25) is 0 Å². The molecule has 1 fully saturated rings. The summed E-state index contributed by atoms with van der Waals surface area (Å²) in [4.78, 5) is 18.9. The van der Waals surface area contributed by atoms with Gasteiger partial charge in [0.25, 0.3) is 0 Å². The van der Waals surface area contributed by atoms with Crippen LogP contribution in [0.5, 0.6) is 11.5 Å². The molecule has 4 rings (SSSR count). The second kappa shape index (κ2) is 6.32. The third kappa shape index (κ3) is 2.91. The van der Waals surface area contributed by atoms with Gasteiger partial charge in [0.05, 0.1) is 12.6 Å². The summed E-state index contributed by atoms with van der Waals surface area (Å²) >= 11 is 1.57. The summed E-state index contributed by atoms with van der Waals surface area (Å²) in [6.45, 7) is 3.46. The minimum absolute atomic E-state index is 0.0389. The van der Waals surface area contributed by atoms with E-state index in [9.17, 15) is 4.79 Å². The summed E-state index contributed by atoms with van der Waals surface area (Å²) in [5.41, 5.74) is 2.08. The van der Waals surface area contributed by atoms with E-state index in [1.807, 2.05) is 35.4 Å². The monoisotopic (exact) mass is 345 g/mol. The van der Waals surface area contributed by atoms with Crippen LogP contribution >= 0.6 is 11.3 Å². The van der Waals surface area contributed by atoms with E-state index in [2.05, 4.69) is 10.3 Å². The number of rotatable bonds is 3. The van der Waals surface area contributed by atoms with Gasteiger partial charge in [0, 0.05) is 17.6 Å². The number of hydrogen-bond acceptors (Lipinski definition) is 5. The molecule has 2 aromatic rings. The average molecular weight is 345 g/mol. The number of fused-ring (bicyclic) bond motifs is 1. The minimum Gasteiger partial charge on any atom is -0.454 e. The normalized spacial score (nSPS) is 18.9. The van der Waals surface area contributed by atoms with Crippen molar-refractivity contribution < 1.29 is 14.3 Å². The fraction of sp³-hybridized carbons (Fsp3) is 0.412. The van der Waals surface area contributed by atoms with Crippen LogP contribution in [0.1, 0.15) is 35.1 Å². The van der Waals surface area contributed by atoms with Gasteiger partial charge in [-0.05, 0) is 37.5 Å². The lowest BCUT2D eigenvalue weighted by Crippen LogP contribution is -2.39. The molecule has 0 radical (unpaired) electrons. The molecule has 3 heterocycles. The minimum atomic E-state index is -0.0389. The van der Waals surface area contributed by atoms with Gasteiger partial charge in [0.2, 0.25) is 6.79 Å². The predicted molar refractivity (Wildman–Crippen MR) is 90.3 cm³/mol. The highest BCUT2D eigenvalue weighted by atomic mass is 32.1. The van der Waals surface area contributed by atoms with Crippen LogP contribution in [0.25, 0.3) is 0 Å². The molecular formula is C17H19N3O3S. The van der Waals surface area contributed by atoms with Crippen molar-refractivity contribution in [3.05, 3.63) is 39.8 Å². The van der Waals surface area contributed by atoms with Crippen molar-refractivity contribution >= 4 is 17.4 Å². The number of nitrogens with zero attached hydrogens (tertiary/aromatic N) is 2. The van der Waals surface area contributed by atoms with E-state index in [1.165, 1.54) is 0 Å². The number of likely N-dealkylation sites (tertiary alicyclic amines) is 1. The van der Waals surface area contributed by atoms with Crippen LogP contribution in [0.4, 0.5) is 4.79 Å². The molecule has 7 heteroatoms. The lowest BCUT2D eigenvalue weighted by molar-refractivity contribution is 0.173. The quantitative estimate of drug-likeness (QED) is 0.928. The van der Waals surface area contributed by atoms with Crippen LogP contribution in [0.15, 0.2) is 23.6 Å². The van der Waals surface area contributed by atoms with Crippen molar-refractivity contribution in [1.82, 2.24) is 15.2 Å². The van der Waals surface area contributed by atoms with Crippen LogP contribution < -0.4 is 14.8 Å². The molecule has 0 unspecified atom stereocenters. The zero-order valence-corrected chi connectivity index (χ0v) is 14.3. The summed E-state index contributed by atoms with van der Waals surface area (Å²) in [5, 5.41) is 5.91. The van der Waals surface area contributed by atoms with Crippen molar-refractivity contribution in [1.29, 1.82) is 0 Å². The number of hydrogen-bond donors (Lipinski definition) is 1. The highest BCUT2D eigenvalue weighted by Crippen LogP contribution is 2.38. The molecule has 2 amide bonds. The average Bonchev–Trinajstić information content (AvgIpc) is 3.31. The third-order valence-corrected chi connectivity index (χ3v) is 5.32. The van der Waals surface area contributed by atoms with Crippen LogP contribution in [0, 0.1) is 6.92 Å². The van der Waals surface area contributed by atoms with E-state index in [0.717, 1.165) is 47.2 Å². The number of urea groups is 1. The molecule has 1 aromatic heterocycles. The summed E-state index contributed by atoms with van der Waals surface area (Å²) in [6.07, 6.45) is 1.96. The van der Waals surface area contributed by atoms with E-state index in [1.54, 1.807) is 11.3 Å².